The van der Waals surface area contributed by atoms with Gasteiger partial charge in [-0.2, -0.15) is 5.10 Å². The van der Waals surface area contributed by atoms with E-state index in [0.717, 1.165) is 18.5 Å². The van der Waals surface area contributed by atoms with Crippen molar-refractivity contribution in [3.63, 3.8) is 0 Å². The summed E-state index contributed by atoms with van der Waals surface area (Å²) in [7, 11) is 1.72. The van der Waals surface area contributed by atoms with E-state index in [4.69, 9.17) is 0 Å². The number of hydrogen-bond donors (Lipinski definition) is 1. The van der Waals surface area contributed by atoms with Gasteiger partial charge >= 0.3 is 0 Å². The second kappa shape index (κ2) is 5.84. The molecule has 1 unspecified atom stereocenters. The van der Waals surface area contributed by atoms with E-state index in [9.17, 15) is 9.59 Å². The predicted octanol–water partition coefficient (Wildman–Crippen LogP) is 1.94. The molecule has 7 heteroatoms. The summed E-state index contributed by atoms with van der Waals surface area (Å²) >= 11 is 0. The van der Waals surface area contributed by atoms with Crippen molar-refractivity contribution in [3.8, 4) is 0 Å². The van der Waals surface area contributed by atoms with Gasteiger partial charge in [0.15, 0.2) is 0 Å². The molecule has 0 radical (unpaired) electrons. The van der Waals surface area contributed by atoms with Gasteiger partial charge in [-0.15, -0.1) is 0 Å². The molecule has 0 spiro atoms. The van der Waals surface area contributed by atoms with Crippen LogP contribution in [0.4, 0.5) is 0 Å². The Bertz CT molecular complexity index is 1020. The minimum absolute atomic E-state index is 0.0875. The molecular weight excluding hydrogens is 318 g/mol. The van der Waals surface area contributed by atoms with Crippen LogP contribution in [0.15, 0.2) is 35.1 Å². The Morgan fingerprint density at radius 2 is 2.12 bits per heavy atom. The monoisotopic (exact) mass is 337 g/mol. The number of rotatable bonds is 2. The third kappa shape index (κ3) is 2.52. The molecule has 3 aromatic rings. The van der Waals surface area contributed by atoms with Crippen molar-refractivity contribution in [1.29, 1.82) is 0 Å². The highest BCUT2D eigenvalue weighted by molar-refractivity contribution is 5.92. The predicted molar refractivity (Wildman–Crippen MR) is 93.3 cm³/mol. The van der Waals surface area contributed by atoms with Gasteiger partial charge in [-0.3, -0.25) is 19.3 Å². The van der Waals surface area contributed by atoms with Crippen molar-refractivity contribution in [3.05, 3.63) is 57.9 Å². The summed E-state index contributed by atoms with van der Waals surface area (Å²) in [4.78, 5) is 31.9. The van der Waals surface area contributed by atoms with Gasteiger partial charge in [0.05, 0.1) is 16.9 Å². The van der Waals surface area contributed by atoms with Gasteiger partial charge in [0.1, 0.15) is 11.5 Å². The van der Waals surface area contributed by atoms with E-state index in [1.807, 2.05) is 25.1 Å². The molecule has 1 aromatic carbocycles. The number of aromatic amines is 1. The third-order valence-electron chi connectivity index (χ3n) is 4.75. The lowest BCUT2D eigenvalue weighted by Crippen LogP contribution is -2.35. The molecule has 0 bridgehead atoms. The van der Waals surface area contributed by atoms with Crippen LogP contribution in [0.25, 0.3) is 10.9 Å². The first-order valence-electron chi connectivity index (χ1n) is 8.35. The smallest absolute Gasteiger partial charge is 0.274 e. The molecule has 2 aromatic heterocycles. The van der Waals surface area contributed by atoms with Crippen LogP contribution in [-0.2, 0) is 7.05 Å². The van der Waals surface area contributed by atoms with E-state index < -0.39 is 0 Å². The largest absolute Gasteiger partial charge is 0.327 e. The Hall–Kier alpha value is -2.96. The van der Waals surface area contributed by atoms with Crippen molar-refractivity contribution in [2.24, 2.45) is 7.05 Å². The molecule has 1 saturated heterocycles. The van der Waals surface area contributed by atoms with Crippen LogP contribution < -0.4 is 5.56 Å². The molecule has 1 aliphatic heterocycles. The Morgan fingerprint density at radius 1 is 1.32 bits per heavy atom. The highest BCUT2D eigenvalue weighted by atomic mass is 16.2. The number of hydrogen-bond acceptors (Lipinski definition) is 4. The molecule has 1 aliphatic rings. The lowest BCUT2D eigenvalue weighted by atomic mass is 10.1. The van der Waals surface area contributed by atoms with Gasteiger partial charge in [0.25, 0.3) is 11.5 Å². The maximum absolute atomic E-state index is 12.8. The SMILES string of the molecule is Cc1cc(C(=O)N2CCCC2c2nc3ccccc3c(=O)n2C)n[nH]1. The number of carbonyl (C=O) groups excluding carboxylic acids is 1. The molecule has 4 rings (SSSR count). The Balaban J connectivity index is 1.78. The molecule has 128 valence electrons. The third-order valence-corrected chi connectivity index (χ3v) is 4.75. The van der Waals surface area contributed by atoms with Crippen molar-refractivity contribution in [1.82, 2.24) is 24.6 Å². The Labute approximate surface area is 144 Å². The molecule has 3 heterocycles. The summed E-state index contributed by atoms with van der Waals surface area (Å²) in [5, 5.41) is 7.47. The molecule has 0 aliphatic carbocycles. The zero-order valence-corrected chi connectivity index (χ0v) is 14.2. The molecular formula is C18H19N5O2. The average molecular weight is 337 g/mol. The van der Waals surface area contributed by atoms with E-state index in [2.05, 4.69) is 15.2 Å². The fraction of sp³-hybridized carbons (Fsp3) is 0.333. The molecule has 7 nitrogen and oxygen atoms in total. The van der Waals surface area contributed by atoms with Crippen LogP contribution >= 0.6 is 0 Å². The molecule has 1 amide bonds. The summed E-state index contributed by atoms with van der Waals surface area (Å²) in [6.45, 7) is 2.50. The quantitative estimate of drug-likeness (QED) is 0.774. The molecule has 1 N–H and O–H groups in total. The van der Waals surface area contributed by atoms with Crippen molar-refractivity contribution in [2.45, 2.75) is 25.8 Å². The van der Waals surface area contributed by atoms with Gasteiger partial charge < -0.3 is 4.90 Å². The van der Waals surface area contributed by atoms with Crippen molar-refractivity contribution >= 4 is 16.8 Å². The van der Waals surface area contributed by atoms with E-state index in [0.29, 0.717) is 29.0 Å². The molecule has 1 fully saturated rings. The summed E-state index contributed by atoms with van der Waals surface area (Å²) in [5.41, 5.74) is 1.82. The number of para-hydroxylation sites is 1. The first kappa shape index (κ1) is 15.6. The number of H-pyrrole nitrogens is 1. The minimum Gasteiger partial charge on any atom is -0.327 e. The number of nitrogens with one attached hydrogen (secondary N) is 1. The van der Waals surface area contributed by atoms with Gasteiger partial charge in [0.2, 0.25) is 0 Å². The number of fused-ring (bicyclic) bond motifs is 1. The highest BCUT2D eigenvalue weighted by Crippen LogP contribution is 2.31. The Kier molecular flexibility index (Phi) is 3.63. The van der Waals surface area contributed by atoms with E-state index in [1.165, 1.54) is 0 Å². The first-order valence-corrected chi connectivity index (χ1v) is 8.35. The summed E-state index contributed by atoms with van der Waals surface area (Å²) in [6, 6.07) is 8.83. The maximum Gasteiger partial charge on any atom is 0.274 e. The van der Waals surface area contributed by atoms with E-state index in [1.54, 1.807) is 28.6 Å². The number of nitrogens with zero attached hydrogens (tertiary/aromatic N) is 4. The van der Waals surface area contributed by atoms with Crippen LogP contribution in [-0.4, -0.2) is 37.1 Å². The van der Waals surface area contributed by atoms with Gasteiger partial charge in [-0.25, -0.2) is 4.98 Å². The normalized spacial score (nSPS) is 17.4. The number of aromatic nitrogens is 4. The zero-order chi connectivity index (χ0) is 17.6. The first-order chi connectivity index (χ1) is 12.1. The van der Waals surface area contributed by atoms with Crippen molar-refractivity contribution < 1.29 is 4.79 Å². The summed E-state index contributed by atoms with van der Waals surface area (Å²) in [6.07, 6.45) is 1.66. The number of carbonyl (C=O) groups is 1. The lowest BCUT2D eigenvalue weighted by Gasteiger charge is -2.25. The van der Waals surface area contributed by atoms with Gasteiger partial charge in [0, 0.05) is 19.3 Å². The molecule has 0 saturated carbocycles. The maximum atomic E-state index is 12.8. The average Bonchev–Trinajstić information content (AvgIpc) is 3.26. The fourth-order valence-corrected chi connectivity index (χ4v) is 3.49. The van der Waals surface area contributed by atoms with Crippen molar-refractivity contribution in [2.75, 3.05) is 6.54 Å². The second-order valence-electron chi connectivity index (χ2n) is 6.44. The van der Waals surface area contributed by atoms with E-state index >= 15 is 0 Å². The fourth-order valence-electron chi connectivity index (χ4n) is 3.49. The highest BCUT2D eigenvalue weighted by Gasteiger charge is 2.34. The topological polar surface area (TPSA) is 83.9 Å². The zero-order valence-electron chi connectivity index (χ0n) is 14.2. The number of amides is 1. The Morgan fingerprint density at radius 3 is 2.88 bits per heavy atom. The minimum atomic E-state index is -0.216. The van der Waals surface area contributed by atoms with Crippen LogP contribution in [0.2, 0.25) is 0 Å². The van der Waals surface area contributed by atoms with Crippen LogP contribution in [0.5, 0.6) is 0 Å². The number of aryl methyl sites for hydroxylation is 1. The van der Waals surface area contributed by atoms with Crippen LogP contribution in [0, 0.1) is 6.92 Å². The molecule has 25 heavy (non-hydrogen) atoms. The van der Waals surface area contributed by atoms with Gasteiger partial charge in [-0.1, -0.05) is 12.1 Å². The molecule has 1 atom stereocenters. The summed E-state index contributed by atoms with van der Waals surface area (Å²) in [5.74, 6) is 0.496. The lowest BCUT2D eigenvalue weighted by molar-refractivity contribution is 0.0721. The van der Waals surface area contributed by atoms with Crippen LogP contribution in [0.3, 0.4) is 0 Å². The standard InChI is InChI=1S/C18H19N5O2/c1-11-10-14(21-20-11)18(25)23-9-5-8-15(23)16-19-13-7-4-3-6-12(13)17(24)22(16)2/h3-4,6-7,10,15H,5,8-9H2,1-2H3,(H,20,21). The van der Waals surface area contributed by atoms with E-state index in [-0.39, 0.29) is 17.5 Å². The second-order valence-corrected chi connectivity index (χ2v) is 6.44. The number of benzene rings is 1. The van der Waals surface area contributed by atoms with Crippen LogP contribution in [0.1, 0.15) is 40.9 Å². The number of likely N-dealkylation sites (tertiary alicyclic amines) is 1. The summed E-state index contributed by atoms with van der Waals surface area (Å²) < 4.78 is 1.56. The van der Waals surface area contributed by atoms with Gasteiger partial charge in [-0.05, 0) is 38.0 Å².